The van der Waals surface area contributed by atoms with Gasteiger partial charge < -0.3 is 14.4 Å². The van der Waals surface area contributed by atoms with Gasteiger partial charge in [-0.15, -0.1) is 0 Å². The lowest BCUT2D eigenvalue weighted by Crippen LogP contribution is -2.49. The van der Waals surface area contributed by atoms with Crippen molar-refractivity contribution in [2.24, 2.45) is 4.99 Å². The van der Waals surface area contributed by atoms with E-state index in [1.54, 1.807) is 12.1 Å². The SMILES string of the molecule is CCN(C)C=Nc1cc(C)c(C2(OCc3cc(F)ccc3C)COC2)cc1C. The van der Waals surface area contributed by atoms with Gasteiger partial charge in [-0.1, -0.05) is 12.1 Å². The first-order valence-electron chi connectivity index (χ1n) is 9.67. The van der Waals surface area contributed by atoms with Gasteiger partial charge >= 0.3 is 0 Å². The van der Waals surface area contributed by atoms with Crippen molar-refractivity contribution in [2.45, 2.75) is 39.9 Å². The maximum atomic E-state index is 13.6. The Morgan fingerprint density at radius 2 is 1.89 bits per heavy atom. The third-order valence-electron chi connectivity index (χ3n) is 5.41. The predicted octanol–water partition coefficient (Wildman–Crippen LogP) is 4.80. The van der Waals surface area contributed by atoms with Crippen molar-refractivity contribution in [3.63, 3.8) is 0 Å². The van der Waals surface area contributed by atoms with Gasteiger partial charge in [0, 0.05) is 13.6 Å². The summed E-state index contributed by atoms with van der Waals surface area (Å²) in [6, 6.07) is 9.05. The number of ether oxygens (including phenoxy) is 2. The summed E-state index contributed by atoms with van der Waals surface area (Å²) in [4.78, 5) is 6.64. The predicted molar refractivity (Wildman–Crippen MR) is 111 cm³/mol. The summed E-state index contributed by atoms with van der Waals surface area (Å²) in [6.07, 6.45) is 1.85. The molecule has 1 aliphatic heterocycles. The first kappa shape index (κ1) is 20.5. The average Bonchev–Trinajstić information content (AvgIpc) is 2.64. The molecule has 0 spiro atoms. The zero-order valence-corrected chi connectivity index (χ0v) is 17.4. The van der Waals surface area contributed by atoms with E-state index in [-0.39, 0.29) is 5.82 Å². The first-order valence-corrected chi connectivity index (χ1v) is 9.67. The van der Waals surface area contributed by atoms with E-state index in [0.29, 0.717) is 19.8 Å². The van der Waals surface area contributed by atoms with Crippen LogP contribution >= 0.6 is 0 Å². The third-order valence-corrected chi connectivity index (χ3v) is 5.41. The summed E-state index contributed by atoms with van der Waals surface area (Å²) in [7, 11) is 2.00. The van der Waals surface area contributed by atoms with Gasteiger partial charge in [-0.05, 0) is 73.7 Å². The first-order chi connectivity index (χ1) is 13.3. The molecule has 2 aromatic rings. The molecule has 1 heterocycles. The summed E-state index contributed by atoms with van der Waals surface area (Å²) >= 11 is 0. The van der Waals surface area contributed by atoms with Gasteiger partial charge in [0.25, 0.3) is 0 Å². The van der Waals surface area contributed by atoms with Crippen LogP contribution in [0.3, 0.4) is 0 Å². The molecule has 4 nitrogen and oxygen atoms in total. The van der Waals surface area contributed by atoms with Crippen LogP contribution in [0.5, 0.6) is 0 Å². The summed E-state index contributed by atoms with van der Waals surface area (Å²) in [5.41, 5.74) is 5.69. The highest BCUT2D eigenvalue weighted by Gasteiger charge is 2.43. The minimum absolute atomic E-state index is 0.241. The molecule has 0 aliphatic carbocycles. The molecule has 28 heavy (non-hydrogen) atoms. The molecule has 1 fully saturated rings. The maximum Gasteiger partial charge on any atom is 0.140 e. The fourth-order valence-corrected chi connectivity index (χ4v) is 3.29. The Balaban J connectivity index is 1.84. The number of hydrogen-bond acceptors (Lipinski definition) is 3. The molecular formula is C23H29FN2O2. The number of benzene rings is 2. The zero-order valence-electron chi connectivity index (χ0n) is 17.4. The maximum absolute atomic E-state index is 13.6. The molecule has 150 valence electrons. The van der Waals surface area contributed by atoms with E-state index in [1.807, 2.05) is 25.2 Å². The lowest BCUT2D eigenvalue weighted by molar-refractivity contribution is -0.223. The minimum atomic E-state index is -0.490. The van der Waals surface area contributed by atoms with Crippen LogP contribution in [-0.4, -0.2) is 38.0 Å². The molecule has 0 amide bonds. The fourth-order valence-electron chi connectivity index (χ4n) is 3.29. The van der Waals surface area contributed by atoms with E-state index in [4.69, 9.17) is 9.47 Å². The fraction of sp³-hybridized carbons (Fsp3) is 0.435. The van der Waals surface area contributed by atoms with E-state index in [0.717, 1.165) is 40.0 Å². The molecule has 3 rings (SSSR count). The summed E-state index contributed by atoms with van der Waals surface area (Å²) in [5.74, 6) is -0.241. The quantitative estimate of drug-likeness (QED) is 0.508. The van der Waals surface area contributed by atoms with Crippen LogP contribution in [0, 0.1) is 26.6 Å². The Morgan fingerprint density at radius 1 is 1.14 bits per heavy atom. The number of aliphatic imine (C=N–C) groups is 1. The largest absolute Gasteiger partial charge is 0.375 e. The van der Waals surface area contributed by atoms with Crippen molar-refractivity contribution in [1.29, 1.82) is 0 Å². The summed E-state index contributed by atoms with van der Waals surface area (Å²) in [6.45, 7) is 10.5. The highest BCUT2D eigenvalue weighted by molar-refractivity contribution is 5.64. The van der Waals surface area contributed by atoms with Gasteiger partial charge in [0.2, 0.25) is 0 Å². The molecule has 5 heteroatoms. The molecule has 0 N–H and O–H groups in total. The molecule has 0 bridgehead atoms. The second kappa shape index (κ2) is 8.41. The Morgan fingerprint density at radius 3 is 2.54 bits per heavy atom. The number of halogens is 1. The number of rotatable bonds is 7. The van der Waals surface area contributed by atoms with E-state index in [2.05, 4.69) is 37.9 Å². The Hall–Kier alpha value is -2.24. The Bertz CT molecular complexity index is 875. The van der Waals surface area contributed by atoms with Crippen LogP contribution < -0.4 is 0 Å². The van der Waals surface area contributed by atoms with Crippen LogP contribution in [0.2, 0.25) is 0 Å². The van der Waals surface area contributed by atoms with Crippen LogP contribution in [0.1, 0.15) is 34.7 Å². The molecule has 1 aliphatic rings. The average molecular weight is 384 g/mol. The van der Waals surface area contributed by atoms with Gasteiger partial charge in [-0.2, -0.15) is 0 Å². The molecule has 0 atom stereocenters. The molecular weight excluding hydrogens is 355 g/mol. The van der Waals surface area contributed by atoms with Crippen molar-refractivity contribution in [1.82, 2.24) is 4.90 Å². The van der Waals surface area contributed by atoms with Gasteiger partial charge in [0.1, 0.15) is 11.4 Å². The molecule has 1 saturated heterocycles. The highest BCUT2D eigenvalue weighted by Crippen LogP contribution is 2.39. The number of aryl methyl sites for hydroxylation is 3. The van der Waals surface area contributed by atoms with Crippen LogP contribution in [-0.2, 0) is 21.7 Å². The van der Waals surface area contributed by atoms with E-state index in [9.17, 15) is 4.39 Å². The lowest BCUT2D eigenvalue weighted by Gasteiger charge is -2.42. The third kappa shape index (κ3) is 4.26. The Kier molecular flexibility index (Phi) is 6.16. The van der Waals surface area contributed by atoms with Crippen molar-refractivity contribution >= 4 is 12.0 Å². The van der Waals surface area contributed by atoms with Crippen LogP contribution in [0.15, 0.2) is 35.3 Å². The molecule has 0 saturated carbocycles. The van der Waals surface area contributed by atoms with Crippen molar-refractivity contribution < 1.29 is 13.9 Å². The van der Waals surface area contributed by atoms with Gasteiger partial charge in [-0.3, -0.25) is 0 Å². The minimum Gasteiger partial charge on any atom is -0.375 e. The highest BCUT2D eigenvalue weighted by atomic mass is 19.1. The standard InChI is InChI=1S/C23H29FN2O2/c1-6-26(5)15-25-22-10-17(3)21(9-18(22)4)23(13-27-14-23)28-12-19-11-20(24)8-7-16(19)2/h7-11,15H,6,12-14H2,1-5H3. The summed E-state index contributed by atoms with van der Waals surface area (Å²) in [5, 5.41) is 0. The van der Waals surface area contributed by atoms with Crippen molar-refractivity contribution in [3.8, 4) is 0 Å². The zero-order chi connectivity index (χ0) is 20.3. The second-order valence-electron chi connectivity index (χ2n) is 7.62. The number of hydrogen-bond donors (Lipinski definition) is 0. The molecule has 0 aromatic heterocycles. The molecule has 0 radical (unpaired) electrons. The molecule has 0 unspecified atom stereocenters. The van der Waals surface area contributed by atoms with Crippen LogP contribution in [0.4, 0.5) is 10.1 Å². The van der Waals surface area contributed by atoms with E-state index >= 15 is 0 Å². The van der Waals surface area contributed by atoms with Crippen molar-refractivity contribution in [3.05, 3.63) is 64.0 Å². The van der Waals surface area contributed by atoms with E-state index in [1.165, 1.54) is 6.07 Å². The van der Waals surface area contributed by atoms with Gasteiger partial charge in [-0.25, -0.2) is 9.38 Å². The Labute approximate surface area is 167 Å². The topological polar surface area (TPSA) is 34.1 Å². The molecule has 2 aromatic carbocycles. The normalized spacial score (nSPS) is 15.6. The van der Waals surface area contributed by atoms with Gasteiger partial charge in [0.05, 0.1) is 31.8 Å². The number of nitrogens with zero attached hydrogens (tertiary/aromatic N) is 2. The van der Waals surface area contributed by atoms with Crippen molar-refractivity contribution in [2.75, 3.05) is 26.8 Å². The van der Waals surface area contributed by atoms with Crippen LogP contribution in [0.25, 0.3) is 0 Å². The second-order valence-corrected chi connectivity index (χ2v) is 7.62. The summed E-state index contributed by atoms with van der Waals surface area (Å²) < 4.78 is 25.5. The smallest absolute Gasteiger partial charge is 0.140 e. The monoisotopic (exact) mass is 384 g/mol. The van der Waals surface area contributed by atoms with Gasteiger partial charge in [0.15, 0.2) is 0 Å². The van der Waals surface area contributed by atoms with E-state index < -0.39 is 5.60 Å². The lowest BCUT2D eigenvalue weighted by atomic mass is 9.86.